The zero-order valence-corrected chi connectivity index (χ0v) is 17.8. The van der Waals surface area contributed by atoms with E-state index in [1.807, 2.05) is 0 Å². The van der Waals surface area contributed by atoms with Crippen LogP contribution in [0, 0.1) is 0 Å². The van der Waals surface area contributed by atoms with Crippen LogP contribution in [0.2, 0.25) is 0 Å². The van der Waals surface area contributed by atoms with E-state index in [1.54, 1.807) is 0 Å². The zero-order valence-electron chi connectivity index (χ0n) is 16.1. The molecule has 1 fully saturated rings. The number of carbonyl (C=O) groups is 1. The number of imidazole rings is 1. The molecule has 3 heterocycles. The van der Waals surface area contributed by atoms with Crippen LogP contribution in [0.15, 0.2) is 11.1 Å². The fourth-order valence-electron chi connectivity index (χ4n) is 2.96. The monoisotopic (exact) mass is 480 g/mol. The van der Waals surface area contributed by atoms with Crippen molar-refractivity contribution >= 4 is 42.4 Å². The molecule has 4 atom stereocenters. The Hall–Kier alpha value is -2.06. The van der Waals surface area contributed by atoms with Crippen molar-refractivity contribution in [3.63, 3.8) is 0 Å². The van der Waals surface area contributed by atoms with Gasteiger partial charge in [-0.25, -0.2) is 9.55 Å². The van der Waals surface area contributed by atoms with Crippen molar-refractivity contribution in [1.82, 2.24) is 24.8 Å². The molecule has 0 bridgehead atoms. The number of aromatic amines is 1. The summed E-state index contributed by atoms with van der Waals surface area (Å²) in [5.74, 6) is -0.650. The molecule has 1 aliphatic heterocycles. The van der Waals surface area contributed by atoms with Gasteiger partial charge >= 0.3 is 7.82 Å². The van der Waals surface area contributed by atoms with Crippen LogP contribution in [-0.2, 0) is 23.1 Å². The number of nitrogen functional groups attached to an aromatic ring is 1. The van der Waals surface area contributed by atoms with E-state index < -0.39 is 31.8 Å². The molecule has 2 aromatic heterocycles. The second-order valence-corrected chi connectivity index (χ2v) is 8.38. The van der Waals surface area contributed by atoms with Crippen LogP contribution >= 0.6 is 19.4 Å². The smallest absolute Gasteiger partial charge is 0.388 e. The minimum atomic E-state index is -4.36. The van der Waals surface area contributed by atoms with E-state index >= 15 is 0 Å². The van der Waals surface area contributed by atoms with Crippen LogP contribution in [0.1, 0.15) is 19.1 Å². The Balaban J connectivity index is 1.52. The standard InChI is InChI=1S/C15H22ClN6O8P/c16-5-10(24)18-2-1-3-28-31(26,27)29-6-8-4-9(23)14(30-8)22-7-19-11-12(22)20-15(17)21-13(11)25/h7-9,14,23H,1-6H2,(H,18,24)(H,26,27)(H3,17,20,21,25). The summed E-state index contributed by atoms with van der Waals surface area (Å²) < 4.78 is 28.8. The predicted molar refractivity (Wildman–Crippen MR) is 107 cm³/mol. The van der Waals surface area contributed by atoms with E-state index in [-0.39, 0.29) is 61.5 Å². The van der Waals surface area contributed by atoms with Crippen molar-refractivity contribution in [2.75, 3.05) is 31.4 Å². The lowest BCUT2D eigenvalue weighted by Gasteiger charge is -2.18. The number of phosphoric ester groups is 1. The lowest BCUT2D eigenvalue weighted by atomic mass is 10.2. The van der Waals surface area contributed by atoms with Gasteiger partial charge in [-0.05, 0) is 6.42 Å². The molecule has 0 radical (unpaired) electrons. The molecule has 1 saturated heterocycles. The van der Waals surface area contributed by atoms with Gasteiger partial charge in [0.25, 0.3) is 5.56 Å². The lowest BCUT2D eigenvalue weighted by molar-refractivity contribution is -0.118. The molecule has 0 spiro atoms. The molecule has 1 amide bonds. The first-order chi connectivity index (χ1) is 14.7. The minimum Gasteiger partial charge on any atom is -0.388 e. The normalized spacial score (nSPS) is 23.1. The third-order valence-electron chi connectivity index (χ3n) is 4.33. The highest BCUT2D eigenvalue weighted by molar-refractivity contribution is 7.47. The number of phosphoric acid groups is 1. The number of alkyl halides is 1. The maximum absolute atomic E-state index is 12.0. The summed E-state index contributed by atoms with van der Waals surface area (Å²) in [7, 11) is -4.36. The largest absolute Gasteiger partial charge is 0.472 e. The van der Waals surface area contributed by atoms with Gasteiger partial charge in [-0.2, -0.15) is 4.98 Å². The molecular formula is C15H22ClN6O8P. The van der Waals surface area contributed by atoms with Crippen molar-refractivity contribution in [3.8, 4) is 0 Å². The number of nitrogens with zero attached hydrogens (tertiary/aromatic N) is 3. The Bertz CT molecular complexity index is 1030. The third kappa shape index (κ3) is 6.01. The van der Waals surface area contributed by atoms with Crippen LogP contribution in [0.4, 0.5) is 5.95 Å². The molecular weight excluding hydrogens is 459 g/mol. The second-order valence-electron chi connectivity index (χ2n) is 6.66. The van der Waals surface area contributed by atoms with Gasteiger partial charge in [0.15, 0.2) is 17.4 Å². The van der Waals surface area contributed by atoms with Crippen molar-refractivity contribution in [2.45, 2.75) is 31.3 Å². The molecule has 14 nitrogen and oxygen atoms in total. The number of anilines is 1. The van der Waals surface area contributed by atoms with Crippen LogP contribution in [-0.4, -0.2) is 73.3 Å². The number of ether oxygens (including phenoxy) is 1. The first kappa shape index (κ1) is 23.6. The number of aromatic nitrogens is 4. The van der Waals surface area contributed by atoms with Crippen LogP contribution in [0.5, 0.6) is 0 Å². The maximum atomic E-state index is 12.0. The van der Waals surface area contributed by atoms with Gasteiger partial charge in [0, 0.05) is 13.0 Å². The summed E-state index contributed by atoms with van der Waals surface area (Å²) in [5.41, 5.74) is 5.18. The zero-order chi connectivity index (χ0) is 22.6. The lowest BCUT2D eigenvalue weighted by Crippen LogP contribution is -2.26. The van der Waals surface area contributed by atoms with Gasteiger partial charge in [0.1, 0.15) is 12.0 Å². The number of hydrogen-bond donors (Lipinski definition) is 5. The number of nitrogens with one attached hydrogen (secondary N) is 2. The third-order valence-corrected chi connectivity index (χ3v) is 5.56. The first-order valence-corrected chi connectivity index (χ1v) is 11.2. The van der Waals surface area contributed by atoms with Crippen molar-refractivity contribution < 1.29 is 33.1 Å². The molecule has 6 N–H and O–H groups in total. The molecule has 0 aliphatic carbocycles. The predicted octanol–water partition coefficient (Wildman–Crippen LogP) is -0.771. The van der Waals surface area contributed by atoms with E-state index in [1.165, 1.54) is 10.9 Å². The Kier molecular flexibility index (Phi) is 7.64. The van der Waals surface area contributed by atoms with E-state index in [4.69, 9.17) is 31.1 Å². The van der Waals surface area contributed by atoms with Gasteiger partial charge in [-0.1, -0.05) is 0 Å². The quantitative estimate of drug-likeness (QED) is 0.162. The highest BCUT2D eigenvalue weighted by Crippen LogP contribution is 2.44. The maximum Gasteiger partial charge on any atom is 0.472 e. The van der Waals surface area contributed by atoms with Gasteiger partial charge in [-0.15, -0.1) is 11.6 Å². The van der Waals surface area contributed by atoms with Gasteiger partial charge in [-0.3, -0.25) is 28.2 Å². The molecule has 0 aromatic carbocycles. The van der Waals surface area contributed by atoms with Crippen molar-refractivity contribution in [2.24, 2.45) is 0 Å². The topological polar surface area (TPSA) is 204 Å². The number of rotatable bonds is 10. The molecule has 31 heavy (non-hydrogen) atoms. The summed E-state index contributed by atoms with van der Waals surface area (Å²) in [4.78, 5) is 42.9. The fraction of sp³-hybridized carbons (Fsp3) is 0.600. The summed E-state index contributed by atoms with van der Waals surface area (Å²) in [5, 5.41) is 12.8. The van der Waals surface area contributed by atoms with Gasteiger partial charge < -0.3 is 25.8 Å². The number of fused-ring (bicyclic) bond motifs is 1. The number of aliphatic hydroxyl groups excluding tert-OH is 1. The number of H-pyrrole nitrogens is 1. The summed E-state index contributed by atoms with van der Waals surface area (Å²) in [6.45, 7) is -0.228. The highest BCUT2D eigenvalue weighted by atomic mass is 35.5. The Morgan fingerprint density at radius 1 is 1.52 bits per heavy atom. The molecule has 172 valence electrons. The molecule has 4 unspecified atom stereocenters. The molecule has 1 aliphatic rings. The van der Waals surface area contributed by atoms with E-state index in [0.29, 0.717) is 0 Å². The second kappa shape index (κ2) is 10.0. The summed E-state index contributed by atoms with van der Waals surface area (Å²) in [6, 6.07) is 0. The Morgan fingerprint density at radius 2 is 2.29 bits per heavy atom. The molecule has 16 heteroatoms. The van der Waals surface area contributed by atoms with E-state index in [9.17, 15) is 24.2 Å². The fourth-order valence-corrected chi connectivity index (χ4v) is 3.84. The van der Waals surface area contributed by atoms with Crippen LogP contribution < -0.4 is 16.6 Å². The number of hydrogen-bond acceptors (Lipinski definition) is 10. The van der Waals surface area contributed by atoms with Gasteiger partial charge in [0.2, 0.25) is 11.9 Å². The van der Waals surface area contributed by atoms with Crippen LogP contribution in [0.25, 0.3) is 11.2 Å². The Morgan fingerprint density at radius 3 is 3.03 bits per heavy atom. The van der Waals surface area contributed by atoms with E-state index in [2.05, 4.69) is 20.3 Å². The van der Waals surface area contributed by atoms with Crippen molar-refractivity contribution in [3.05, 3.63) is 16.7 Å². The molecule has 3 rings (SSSR count). The Labute approximate surface area is 180 Å². The highest BCUT2D eigenvalue weighted by Gasteiger charge is 2.38. The van der Waals surface area contributed by atoms with Crippen molar-refractivity contribution in [1.29, 1.82) is 0 Å². The van der Waals surface area contributed by atoms with Gasteiger partial charge in [0.05, 0.1) is 25.6 Å². The first-order valence-electron chi connectivity index (χ1n) is 9.20. The SMILES string of the molecule is Nc1nc2c(ncn2C2OC(COP(=O)(O)OCCCNC(=O)CCl)CC2O)c(=O)[nH]1. The number of nitrogens with two attached hydrogens (primary N) is 1. The molecule has 0 saturated carbocycles. The van der Waals surface area contributed by atoms with Crippen LogP contribution in [0.3, 0.4) is 0 Å². The molecule has 2 aromatic rings. The average Bonchev–Trinajstić information content (AvgIpc) is 3.29. The summed E-state index contributed by atoms with van der Waals surface area (Å²) in [6.07, 6.45) is -1.04. The number of halogens is 1. The summed E-state index contributed by atoms with van der Waals surface area (Å²) >= 11 is 5.33. The van der Waals surface area contributed by atoms with E-state index in [0.717, 1.165) is 0 Å². The average molecular weight is 481 g/mol. The number of aliphatic hydroxyl groups is 1. The number of carbonyl (C=O) groups excluding carboxylic acids is 1. The minimum absolute atomic E-state index is 0.0280. The number of amides is 1.